The SMILES string of the molecule is C=CCO[C@H]1C(OC)[C@@H](COC)O[C@H]1C.CCCC[C@H]1C(OC)[C@@H](COC)O[C@H]1C.COCCO[C@H]1C(OC)[C@@H](COC)O[C@H]1C.COC[C@H]1O[C@@H](C)[C@@H](F)C1OC.COC[C@H]1O[C@@H](C)[C@@H](OC)C1OC.COC[C@H]1O[C@@H](C)[C@H](F)C1OC. The number of halogens is 2. The minimum absolute atomic E-state index is 0.00477. The Bertz CT molecular complexity index is 1520. The van der Waals surface area contributed by atoms with Crippen LogP contribution in [-0.4, -0.2) is 300 Å². The highest BCUT2D eigenvalue weighted by Crippen LogP contribution is 2.34. The molecule has 24 heteroatoms. The number of alkyl halides is 2. The van der Waals surface area contributed by atoms with Crippen molar-refractivity contribution >= 4 is 0 Å². The lowest BCUT2D eigenvalue weighted by Crippen LogP contribution is -2.38. The first-order valence-electron chi connectivity index (χ1n) is 29.0. The predicted octanol–water partition coefficient (Wildman–Crippen LogP) is 5.71. The number of unbranched alkanes of at least 4 members (excludes halogenated alkanes) is 1. The van der Waals surface area contributed by atoms with Gasteiger partial charge in [0.05, 0.1) is 102 Å². The van der Waals surface area contributed by atoms with Crippen molar-refractivity contribution < 1.29 is 113 Å². The molecule has 83 heavy (non-hydrogen) atoms. The summed E-state index contributed by atoms with van der Waals surface area (Å²) in [7, 11) is 22.9. The van der Waals surface area contributed by atoms with Crippen molar-refractivity contribution in [3.8, 4) is 0 Å². The van der Waals surface area contributed by atoms with Gasteiger partial charge in [-0.15, -0.1) is 6.58 Å². The molecule has 0 aliphatic carbocycles. The van der Waals surface area contributed by atoms with E-state index in [9.17, 15) is 8.78 Å². The second-order valence-electron chi connectivity index (χ2n) is 21.0. The molecule has 0 bridgehead atoms. The summed E-state index contributed by atoms with van der Waals surface area (Å²) in [5.41, 5.74) is 0. The second kappa shape index (κ2) is 45.9. The Morgan fingerprint density at radius 2 is 0.651 bits per heavy atom. The summed E-state index contributed by atoms with van der Waals surface area (Å²) >= 11 is 0. The fourth-order valence-electron chi connectivity index (χ4n) is 11.1. The van der Waals surface area contributed by atoms with Crippen LogP contribution in [0.5, 0.6) is 0 Å². The zero-order valence-corrected chi connectivity index (χ0v) is 54.4. The normalized spacial score (nSPS) is 38.0. The molecular formula is C59H114F2O22. The van der Waals surface area contributed by atoms with Gasteiger partial charge in [-0.25, -0.2) is 8.78 Å². The number of ether oxygens (including phenoxy) is 22. The Morgan fingerprint density at radius 1 is 0.349 bits per heavy atom. The van der Waals surface area contributed by atoms with E-state index in [1.54, 1.807) is 105 Å². The van der Waals surface area contributed by atoms with Gasteiger partial charge in [-0.2, -0.15) is 0 Å². The number of methoxy groups -OCH3 is 14. The summed E-state index contributed by atoms with van der Waals surface area (Å²) in [5, 5.41) is 0. The fourth-order valence-corrected chi connectivity index (χ4v) is 11.1. The summed E-state index contributed by atoms with van der Waals surface area (Å²) in [5.74, 6) is 0.523. The van der Waals surface area contributed by atoms with Crippen LogP contribution in [0.4, 0.5) is 8.78 Å². The largest absolute Gasteiger partial charge is 0.382 e. The molecule has 6 fully saturated rings. The van der Waals surface area contributed by atoms with E-state index in [2.05, 4.69) is 20.4 Å². The number of hydrogen-bond donors (Lipinski definition) is 0. The van der Waals surface area contributed by atoms with Gasteiger partial charge in [0.15, 0.2) is 12.3 Å². The van der Waals surface area contributed by atoms with E-state index in [0.29, 0.717) is 71.5 Å². The molecule has 6 unspecified atom stereocenters. The highest BCUT2D eigenvalue weighted by Gasteiger charge is 2.47. The summed E-state index contributed by atoms with van der Waals surface area (Å²) < 4.78 is 143. The van der Waals surface area contributed by atoms with Gasteiger partial charge in [-0.3, -0.25) is 0 Å². The van der Waals surface area contributed by atoms with E-state index >= 15 is 0 Å². The number of hydrogen-bond acceptors (Lipinski definition) is 22. The molecule has 0 aromatic heterocycles. The Hall–Kier alpha value is -1.28. The first kappa shape index (κ1) is 79.7. The first-order valence-corrected chi connectivity index (χ1v) is 29.0. The van der Waals surface area contributed by atoms with E-state index in [1.165, 1.54) is 33.5 Å². The predicted molar refractivity (Wildman–Crippen MR) is 307 cm³/mol. The van der Waals surface area contributed by atoms with Crippen molar-refractivity contribution in [2.45, 2.75) is 208 Å². The van der Waals surface area contributed by atoms with Crippen molar-refractivity contribution in [2.24, 2.45) is 5.92 Å². The monoisotopic (exact) mass is 1210 g/mol. The van der Waals surface area contributed by atoms with Crippen LogP contribution in [0.15, 0.2) is 12.7 Å². The topological polar surface area (TPSA) is 203 Å². The maximum atomic E-state index is 13.2. The van der Waals surface area contributed by atoms with E-state index in [0.717, 1.165) is 0 Å². The van der Waals surface area contributed by atoms with E-state index < -0.39 is 36.8 Å². The lowest BCUT2D eigenvalue weighted by atomic mass is 9.91. The summed E-state index contributed by atoms with van der Waals surface area (Å²) in [6.07, 6.45) is 1.30. The van der Waals surface area contributed by atoms with Gasteiger partial charge in [-0.05, 0) is 48.0 Å². The zero-order chi connectivity index (χ0) is 62.6. The Balaban J connectivity index is 0.000000500. The molecule has 6 heterocycles. The fraction of sp³-hybridized carbons (Fsp3) is 0.966. The molecule has 24 atom stereocenters. The Kier molecular flexibility index (Phi) is 44.1. The summed E-state index contributed by atoms with van der Waals surface area (Å²) in [6.45, 7) is 21.9. The molecule has 6 aliphatic rings. The van der Waals surface area contributed by atoms with Crippen LogP contribution in [0.2, 0.25) is 0 Å². The average Bonchev–Trinajstić information content (AvgIpc) is 4.32. The van der Waals surface area contributed by atoms with Gasteiger partial charge >= 0.3 is 0 Å². The van der Waals surface area contributed by atoms with Crippen LogP contribution in [0, 0.1) is 5.92 Å². The molecule has 0 aromatic rings. The molecule has 0 N–H and O–H groups in total. The molecule has 0 radical (unpaired) electrons. The van der Waals surface area contributed by atoms with Gasteiger partial charge < -0.3 is 104 Å². The quantitative estimate of drug-likeness (QED) is 0.0650. The van der Waals surface area contributed by atoms with Gasteiger partial charge in [0.2, 0.25) is 0 Å². The lowest BCUT2D eigenvalue weighted by Gasteiger charge is -2.22. The number of rotatable bonds is 29. The Morgan fingerprint density at radius 3 is 0.976 bits per heavy atom. The van der Waals surface area contributed by atoms with E-state index in [1.807, 2.05) is 20.8 Å². The maximum Gasteiger partial charge on any atom is 0.154 e. The van der Waals surface area contributed by atoms with Crippen molar-refractivity contribution in [1.29, 1.82) is 0 Å². The first-order chi connectivity index (χ1) is 39.9. The van der Waals surface area contributed by atoms with Crippen LogP contribution in [0.3, 0.4) is 0 Å². The molecule has 496 valence electrons. The van der Waals surface area contributed by atoms with Crippen LogP contribution in [-0.2, 0) is 104 Å². The van der Waals surface area contributed by atoms with Crippen LogP contribution >= 0.6 is 0 Å². The molecular weight excluding hydrogens is 1100 g/mol. The van der Waals surface area contributed by atoms with Crippen molar-refractivity contribution in [2.75, 3.05) is 159 Å². The molecule has 0 saturated carbocycles. The van der Waals surface area contributed by atoms with E-state index in [-0.39, 0.29) is 97.7 Å². The second-order valence-corrected chi connectivity index (χ2v) is 21.0. The summed E-state index contributed by atoms with van der Waals surface area (Å²) in [6, 6.07) is 0. The van der Waals surface area contributed by atoms with Crippen LogP contribution in [0.25, 0.3) is 0 Å². The van der Waals surface area contributed by atoms with Gasteiger partial charge in [0, 0.05) is 105 Å². The zero-order valence-electron chi connectivity index (χ0n) is 54.4. The highest BCUT2D eigenvalue weighted by atomic mass is 19.1. The van der Waals surface area contributed by atoms with Crippen molar-refractivity contribution in [3.05, 3.63) is 12.7 Å². The molecule has 6 aliphatic heterocycles. The van der Waals surface area contributed by atoms with Gasteiger partial charge in [0.1, 0.15) is 85.5 Å². The molecule has 0 amide bonds. The third-order valence-electron chi connectivity index (χ3n) is 15.2. The molecule has 0 spiro atoms. The van der Waals surface area contributed by atoms with Crippen LogP contribution in [0.1, 0.15) is 67.7 Å². The third-order valence-corrected chi connectivity index (χ3v) is 15.2. The molecule has 6 saturated heterocycles. The smallest absolute Gasteiger partial charge is 0.154 e. The van der Waals surface area contributed by atoms with E-state index in [4.69, 9.17) is 104 Å². The Labute approximate surface area is 497 Å². The molecule has 0 aromatic carbocycles. The van der Waals surface area contributed by atoms with Gasteiger partial charge in [-0.1, -0.05) is 25.8 Å². The minimum Gasteiger partial charge on any atom is -0.382 e. The molecule has 6 rings (SSSR count). The maximum absolute atomic E-state index is 13.2. The van der Waals surface area contributed by atoms with Crippen molar-refractivity contribution in [1.82, 2.24) is 0 Å². The van der Waals surface area contributed by atoms with Crippen LogP contribution < -0.4 is 0 Å². The average molecular weight is 1210 g/mol. The highest BCUT2D eigenvalue weighted by molar-refractivity contribution is 4.95. The summed E-state index contributed by atoms with van der Waals surface area (Å²) in [4.78, 5) is 0. The lowest BCUT2D eigenvalue weighted by molar-refractivity contribution is -0.0644. The third kappa shape index (κ3) is 25.6. The molecule has 22 nitrogen and oxygen atoms in total. The van der Waals surface area contributed by atoms with Gasteiger partial charge in [0.25, 0.3) is 0 Å². The standard InChI is InChI=1S/C12H24O3.C11H22O5.C11H20O4.C9H18O4.2C8H15FO3/c1-5-6-7-10-9(2)15-11(8-13-3)12(10)14-4;1-8-10(15-6-5-12-2)11(14-4)9(16-8)7-13-3;1-5-6-14-10-8(2)15-9(7-12-3)11(10)13-4;1-6-8(11-3)9(12-4)7(13-6)5-10-2;2*1-5-7(9)8(11-3)6(12-5)4-10-2/h9-12H,5-8H2,1-4H3;8-11H,5-7H2,1-4H3;5,8-11H,1,6-7H2,2-4H3;6-9H,5H2,1-4H3;2*5-8H,4H2,1-3H3/t9-,10+,11+,12?;2*8-,9+,10+,11?;6-,7+,8+,9?;5-,6+,7+,8?;5-,6+,7-,8?/m000000/s1. The minimum atomic E-state index is -1.05. The van der Waals surface area contributed by atoms with Crippen molar-refractivity contribution in [3.63, 3.8) is 0 Å².